The van der Waals surface area contributed by atoms with Crippen LogP contribution in [-0.4, -0.2) is 30.6 Å². The molecule has 9 heteroatoms. The maximum atomic E-state index is 12.0. The lowest BCUT2D eigenvalue weighted by Gasteiger charge is -2.17. The van der Waals surface area contributed by atoms with Crippen molar-refractivity contribution in [1.29, 1.82) is 0 Å². The minimum Gasteiger partial charge on any atom is -0.465 e. The third kappa shape index (κ3) is 5.09. The average molecular weight is 407 g/mol. The minimum absolute atomic E-state index is 0.237. The Morgan fingerprint density at radius 3 is 3.00 bits per heavy atom. The summed E-state index contributed by atoms with van der Waals surface area (Å²) in [4.78, 5) is 18.9. The van der Waals surface area contributed by atoms with Gasteiger partial charge >= 0.3 is 5.97 Å². The molecule has 0 aliphatic carbocycles. The van der Waals surface area contributed by atoms with Crippen molar-refractivity contribution in [2.24, 2.45) is 5.11 Å². The molecule has 1 heterocycles. The lowest BCUT2D eigenvalue weighted by molar-refractivity contribution is -0.146. The van der Waals surface area contributed by atoms with Gasteiger partial charge in [0.2, 0.25) is 0 Å². The normalized spacial score (nSPS) is 11.6. The molecule has 1 aromatic heterocycles. The second-order valence-corrected chi connectivity index (χ2v) is 5.38. The first-order chi connectivity index (χ1) is 9.60. The molecule has 20 heavy (non-hydrogen) atoms. The lowest BCUT2D eigenvalue weighted by atomic mass is 10.2. The van der Waals surface area contributed by atoms with Crippen LogP contribution in [0.1, 0.15) is 18.7 Å². The van der Waals surface area contributed by atoms with Crippen molar-refractivity contribution in [3.05, 3.63) is 37.3 Å². The lowest BCUT2D eigenvalue weighted by Crippen LogP contribution is -2.33. The third-order valence-corrected chi connectivity index (χ3v) is 3.32. The van der Waals surface area contributed by atoms with Crippen molar-refractivity contribution in [2.75, 3.05) is 19.7 Å². The first kappa shape index (κ1) is 16.9. The second kappa shape index (κ2) is 8.91. The van der Waals surface area contributed by atoms with Gasteiger partial charge in [-0.25, -0.2) is 4.79 Å². The molecular weight excluding hydrogens is 394 g/mol. The van der Waals surface area contributed by atoms with Gasteiger partial charge in [-0.3, -0.25) is 10.3 Å². The van der Waals surface area contributed by atoms with E-state index in [1.165, 1.54) is 0 Å². The summed E-state index contributed by atoms with van der Waals surface area (Å²) >= 11 is 6.67. The molecule has 0 aliphatic rings. The van der Waals surface area contributed by atoms with Gasteiger partial charge in [0.25, 0.3) is 0 Å². The molecule has 0 fully saturated rings. The highest BCUT2D eigenvalue weighted by Crippen LogP contribution is 2.25. The molecule has 0 aliphatic heterocycles. The summed E-state index contributed by atoms with van der Waals surface area (Å²) in [5, 5.41) is 6.37. The van der Waals surface area contributed by atoms with Gasteiger partial charge < -0.3 is 4.74 Å². The van der Waals surface area contributed by atoms with Crippen LogP contribution in [0.3, 0.4) is 0 Å². The van der Waals surface area contributed by atoms with E-state index in [0.717, 1.165) is 4.47 Å². The van der Waals surface area contributed by atoms with Crippen LogP contribution < -0.4 is 5.32 Å². The van der Waals surface area contributed by atoms with Gasteiger partial charge in [0, 0.05) is 33.1 Å². The fourth-order valence-corrected chi connectivity index (χ4v) is 2.67. The van der Waals surface area contributed by atoms with Gasteiger partial charge in [-0.1, -0.05) is 5.11 Å². The highest BCUT2D eigenvalue weighted by Gasteiger charge is 2.24. The fourth-order valence-electron chi connectivity index (χ4n) is 1.46. The summed E-state index contributed by atoms with van der Waals surface area (Å²) in [6.07, 6.45) is 1.60. The van der Waals surface area contributed by atoms with E-state index in [0.29, 0.717) is 16.7 Å². The molecule has 1 aromatic rings. The summed E-state index contributed by atoms with van der Waals surface area (Å²) in [5.74, 6) is -0.427. The first-order valence-corrected chi connectivity index (χ1v) is 7.40. The molecular formula is C11H13Br2N5O2. The molecule has 0 spiro atoms. The number of ether oxygens (including phenoxy) is 1. The molecule has 1 rings (SSSR count). The summed E-state index contributed by atoms with van der Waals surface area (Å²) < 4.78 is 6.50. The van der Waals surface area contributed by atoms with Crippen molar-refractivity contribution in [3.63, 3.8) is 0 Å². The van der Waals surface area contributed by atoms with Crippen LogP contribution in [0.15, 0.2) is 26.3 Å². The quantitative estimate of drug-likeness (QED) is 0.247. The van der Waals surface area contributed by atoms with Crippen molar-refractivity contribution in [2.45, 2.75) is 13.0 Å². The Kier molecular flexibility index (Phi) is 7.53. The van der Waals surface area contributed by atoms with E-state index in [1.54, 1.807) is 19.2 Å². The SMILES string of the molecule is CCOC(=O)C(NCCN=[N+]=[N-])c1ncc(Br)cc1Br. The standard InChI is InChI=1S/C11H13Br2N5O2/c1-2-20-11(19)10(15-3-4-17-18-14)9-8(13)5-7(12)6-16-9/h5-6,10,15H,2-4H2,1H3. The molecule has 0 saturated carbocycles. The van der Waals surface area contributed by atoms with Crippen LogP contribution in [0, 0.1) is 0 Å². The average Bonchev–Trinajstić information content (AvgIpc) is 2.40. The van der Waals surface area contributed by atoms with Gasteiger partial charge in [0.15, 0.2) is 0 Å². The molecule has 0 amide bonds. The van der Waals surface area contributed by atoms with Crippen LogP contribution in [-0.2, 0) is 9.53 Å². The Balaban J connectivity index is 2.90. The molecule has 7 nitrogen and oxygen atoms in total. The van der Waals surface area contributed by atoms with Crippen molar-refractivity contribution >= 4 is 37.8 Å². The summed E-state index contributed by atoms with van der Waals surface area (Å²) in [7, 11) is 0. The number of carbonyl (C=O) groups is 1. The van der Waals surface area contributed by atoms with Crippen LogP contribution in [0.2, 0.25) is 0 Å². The van der Waals surface area contributed by atoms with E-state index in [1.807, 2.05) is 0 Å². The zero-order chi connectivity index (χ0) is 15.0. The Bertz CT molecular complexity index is 520. The van der Waals surface area contributed by atoms with Gasteiger partial charge in [-0.2, -0.15) is 0 Å². The number of nitrogens with one attached hydrogen (secondary N) is 1. The van der Waals surface area contributed by atoms with Gasteiger partial charge in [0.1, 0.15) is 6.04 Å². The van der Waals surface area contributed by atoms with E-state index in [-0.39, 0.29) is 13.2 Å². The Labute approximate surface area is 133 Å². The van der Waals surface area contributed by atoms with Gasteiger partial charge in [-0.15, -0.1) is 0 Å². The molecule has 1 N–H and O–H groups in total. The second-order valence-electron chi connectivity index (χ2n) is 3.61. The molecule has 0 aromatic carbocycles. The minimum atomic E-state index is -0.716. The summed E-state index contributed by atoms with van der Waals surface area (Å²) in [6.45, 7) is 2.60. The van der Waals surface area contributed by atoms with Gasteiger partial charge in [-0.05, 0) is 50.4 Å². The number of esters is 1. The van der Waals surface area contributed by atoms with Crippen LogP contribution in [0.25, 0.3) is 10.4 Å². The predicted octanol–water partition coefficient (Wildman–Crippen LogP) is 3.11. The number of pyridine rings is 1. The summed E-state index contributed by atoms with van der Waals surface area (Å²) in [5.41, 5.74) is 8.75. The van der Waals surface area contributed by atoms with E-state index >= 15 is 0 Å². The number of rotatable bonds is 7. The molecule has 1 atom stereocenters. The predicted molar refractivity (Wildman–Crippen MR) is 81.0 cm³/mol. The highest BCUT2D eigenvalue weighted by molar-refractivity contribution is 9.11. The number of carbonyl (C=O) groups excluding carboxylic acids is 1. The number of aromatic nitrogens is 1. The van der Waals surface area contributed by atoms with Crippen molar-refractivity contribution < 1.29 is 9.53 Å². The van der Waals surface area contributed by atoms with E-state index in [2.05, 4.69) is 52.2 Å². The topological polar surface area (TPSA) is 100.0 Å². The highest BCUT2D eigenvalue weighted by atomic mass is 79.9. The number of hydrogen-bond acceptors (Lipinski definition) is 5. The van der Waals surface area contributed by atoms with Crippen LogP contribution >= 0.6 is 31.9 Å². The zero-order valence-corrected chi connectivity index (χ0v) is 13.9. The fraction of sp³-hybridized carbons (Fsp3) is 0.455. The largest absolute Gasteiger partial charge is 0.465 e. The summed E-state index contributed by atoms with van der Waals surface area (Å²) in [6, 6.07) is 1.08. The number of hydrogen-bond donors (Lipinski definition) is 1. The third-order valence-electron chi connectivity index (χ3n) is 2.26. The maximum Gasteiger partial charge on any atom is 0.329 e. The van der Waals surface area contributed by atoms with Crippen LogP contribution in [0.5, 0.6) is 0 Å². The zero-order valence-electron chi connectivity index (χ0n) is 10.7. The number of azide groups is 1. The van der Waals surface area contributed by atoms with Crippen molar-refractivity contribution in [3.8, 4) is 0 Å². The molecule has 1 unspecified atom stereocenters. The number of halogens is 2. The molecule has 0 saturated heterocycles. The molecule has 0 bridgehead atoms. The smallest absolute Gasteiger partial charge is 0.329 e. The number of nitrogens with zero attached hydrogens (tertiary/aromatic N) is 4. The van der Waals surface area contributed by atoms with E-state index < -0.39 is 12.0 Å². The van der Waals surface area contributed by atoms with Crippen molar-refractivity contribution in [1.82, 2.24) is 10.3 Å². The van der Waals surface area contributed by atoms with E-state index in [4.69, 9.17) is 10.3 Å². The molecule has 108 valence electrons. The Hall–Kier alpha value is -1.15. The van der Waals surface area contributed by atoms with Gasteiger partial charge in [0.05, 0.1) is 12.3 Å². The van der Waals surface area contributed by atoms with Crippen LogP contribution in [0.4, 0.5) is 0 Å². The molecule has 0 radical (unpaired) electrons. The monoisotopic (exact) mass is 405 g/mol. The maximum absolute atomic E-state index is 12.0. The Morgan fingerprint density at radius 1 is 1.65 bits per heavy atom. The Morgan fingerprint density at radius 2 is 2.40 bits per heavy atom. The van der Waals surface area contributed by atoms with E-state index in [9.17, 15) is 4.79 Å². The first-order valence-electron chi connectivity index (χ1n) is 5.82.